The van der Waals surface area contributed by atoms with Crippen molar-refractivity contribution in [3.8, 4) is 0 Å². The van der Waals surface area contributed by atoms with Crippen molar-refractivity contribution in [2.24, 2.45) is 4.99 Å². The Morgan fingerprint density at radius 1 is 0.950 bits per heavy atom. The van der Waals surface area contributed by atoms with E-state index in [4.69, 9.17) is 4.55 Å². The van der Waals surface area contributed by atoms with Gasteiger partial charge in [0, 0.05) is 6.21 Å². The molecular formula is C15H13NO3S. The molecule has 0 atom stereocenters. The van der Waals surface area contributed by atoms with E-state index in [0.29, 0.717) is 5.69 Å². The lowest BCUT2D eigenvalue weighted by atomic mass is 10.2. The van der Waals surface area contributed by atoms with E-state index in [0.717, 1.165) is 5.56 Å². The summed E-state index contributed by atoms with van der Waals surface area (Å²) >= 11 is 0. The second-order valence-corrected chi connectivity index (χ2v) is 5.44. The maximum atomic E-state index is 10.9. The van der Waals surface area contributed by atoms with Crippen LogP contribution in [0.1, 0.15) is 5.56 Å². The molecule has 2 aromatic rings. The molecule has 0 saturated heterocycles. The molecule has 0 saturated carbocycles. The van der Waals surface area contributed by atoms with Gasteiger partial charge in [0.15, 0.2) is 0 Å². The number of rotatable bonds is 4. The van der Waals surface area contributed by atoms with E-state index in [1.165, 1.54) is 24.3 Å². The monoisotopic (exact) mass is 287 g/mol. The minimum Gasteiger partial charge on any atom is -0.282 e. The zero-order valence-corrected chi connectivity index (χ0v) is 11.4. The number of nitrogens with zero attached hydrogens (tertiary/aromatic N) is 1. The molecule has 0 spiro atoms. The highest BCUT2D eigenvalue weighted by atomic mass is 32.2. The fourth-order valence-electron chi connectivity index (χ4n) is 1.55. The Labute approximate surface area is 117 Å². The fraction of sp³-hybridized carbons (Fsp3) is 0. The fourth-order valence-corrected chi connectivity index (χ4v) is 2.03. The second kappa shape index (κ2) is 6.27. The Morgan fingerprint density at radius 2 is 1.60 bits per heavy atom. The summed E-state index contributed by atoms with van der Waals surface area (Å²) in [5.74, 6) is 0. The number of hydrogen-bond acceptors (Lipinski definition) is 3. The molecule has 0 aliphatic heterocycles. The summed E-state index contributed by atoms with van der Waals surface area (Å²) < 4.78 is 30.6. The van der Waals surface area contributed by atoms with Crippen LogP contribution in [0.15, 0.2) is 70.6 Å². The Hall–Kier alpha value is -2.24. The van der Waals surface area contributed by atoms with Crippen LogP contribution in [0.5, 0.6) is 0 Å². The molecule has 5 heteroatoms. The third-order valence-corrected chi connectivity index (χ3v) is 3.40. The Balaban J connectivity index is 2.04. The molecule has 0 aliphatic rings. The molecular weight excluding hydrogens is 274 g/mol. The quantitative estimate of drug-likeness (QED) is 0.692. The first kappa shape index (κ1) is 14.2. The molecule has 2 aromatic carbocycles. The van der Waals surface area contributed by atoms with Crippen LogP contribution in [0.25, 0.3) is 6.08 Å². The number of aliphatic imine (C=N–C) groups is 1. The van der Waals surface area contributed by atoms with Crippen LogP contribution in [0.4, 0.5) is 5.69 Å². The summed E-state index contributed by atoms with van der Waals surface area (Å²) in [5, 5.41) is 0. The summed E-state index contributed by atoms with van der Waals surface area (Å²) in [6.45, 7) is 0. The number of hydrogen-bond donors (Lipinski definition) is 1. The van der Waals surface area contributed by atoms with Gasteiger partial charge in [-0.2, -0.15) is 8.42 Å². The molecule has 0 aliphatic carbocycles. The predicted molar refractivity (Wildman–Crippen MR) is 79.9 cm³/mol. The highest BCUT2D eigenvalue weighted by Gasteiger charge is 2.07. The van der Waals surface area contributed by atoms with E-state index in [1.807, 2.05) is 36.4 Å². The van der Waals surface area contributed by atoms with E-state index in [-0.39, 0.29) is 4.90 Å². The summed E-state index contributed by atoms with van der Waals surface area (Å²) in [5.41, 5.74) is 1.68. The SMILES string of the molecule is O=S(=O)(O)c1ccc(N=CC=Cc2ccccc2)cc1. The van der Waals surface area contributed by atoms with E-state index in [1.54, 1.807) is 12.3 Å². The van der Waals surface area contributed by atoms with Crippen molar-refractivity contribution >= 4 is 28.1 Å². The van der Waals surface area contributed by atoms with Gasteiger partial charge in [0.05, 0.1) is 10.6 Å². The lowest BCUT2D eigenvalue weighted by molar-refractivity contribution is 0.483. The van der Waals surface area contributed by atoms with Gasteiger partial charge in [0.25, 0.3) is 10.1 Å². The Kier molecular flexibility index (Phi) is 4.45. The van der Waals surface area contributed by atoms with Gasteiger partial charge in [-0.3, -0.25) is 9.55 Å². The van der Waals surface area contributed by atoms with Crippen molar-refractivity contribution in [2.75, 3.05) is 0 Å². The molecule has 2 rings (SSSR count). The van der Waals surface area contributed by atoms with E-state index in [9.17, 15) is 8.42 Å². The standard InChI is InChI=1S/C15H13NO3S/c17-20(18,19)15-10-8-14(9-11-15)16-12-4-7-13-5-2-1-3-6-13/h1-12H,(H,17,18,19). The average molecular weight is 287 g/mol. The first-order valence-corrected chi connectivity index (χ1v) is 7.33. The van der Waals surface area contributed by atoms with Crippen molar-refractivity contribution in [2.45, 2.75) is 4.90 Å². The summed E-state index contributed by atoms with van der Waals surface area (Å²) in [7, 11) is -4.15. The van der Waals surface area contributed by atoms with Gasteiger partial charge in [-0.1, -0.05) is 36.4 Å². The van der Waals surface area contributed by atoms with Gasteiger partial charge < -0.3 is 0 Å². The van der Waals surface area contributed by atoms with Crippen molar-refractivity contribution in [3.63, 3.8) is 0 Å². The Bertz CT molecular complexity index is 717. The zero-order valence-electron chi connectivity index (χ0n) is 10.5. The van der Waals surface area contributed by atoms with Gasteiger partial charge >= 0.3 is 0 Å². The normalized spacial score (nSPS) is 12.2. The maximum Gasteiger partial charge on any atom is 0.294 e. The van der Waals surface area contributed by atoms with Crippen molar-refractivity contribution in [1.82, 2.24) is 0 Å². The smallest absolute Gasteiger partial charge is 0.282 e. The van der Waals surface area contributed by atoms with Gasteiger partial charge in [0.1, 0.15) is 0 Å². The zero-order chi connectivity index (χ0) is 14.4. The first-order valence-electron chi connectivity index (χ1n) is 5.89. The molecule has 0 amide bonds. The third-order valence-electron chi connectivity index (χ3n) is 2.53. The van der Waals surface area contributed by atoms with Gasteiger partial charge in [-0.05, 0) is 35.9 Å². The van der Waals surface area contributed by atoms with Crippen LogP contribution in [0.3, 0.4) is 0 Å². The Morgan fingerprint density at radius 3 is 2.20 bits per heavy atom. The van der Waals surface area contributed by atoms with Crippen molar-refractivity contribution < 1.29 is 13.0 Å². The molecule has 0 unspecified atom stereocenters. The largest absolute Gasteiger partial charge is 0.294 e. The van der Waals surface area contributed by atoms with E-state index >= 15 is 0 Å². The molecule has 1 N–H and O–H groups in total. The second-order valence-electron chi connectivity index (χ2n) is 4.02. The molecule has 0 bridgehead atoms. The maximum absolute atomic E-state index is 10.9. The lowest BCUT2D eigenvalue weighted by Gasteiger charge is -1.96. The van der Waals surface area contributed by atoms with Gasteiger partial charge in [-0.15, -0.1) is 0 Å². The molecule has 4 nitrogen and oxygen atoms in total. The van der Waals surface area contributed by atoms with Gasteiger partial charge in [0.2, 0.25) is 0 Å². The van der Waals surface area contributed by atoms with Gasteiger partial charge in [-0.25, -0.2) is 0 Å². The van der Waals surface area contributed by atoms with E-state index < -0.39 is 10.1 Å². The van der Waals surface area contributed by atoms with Crippen molar-refractivity contribution in [3.05, 3.63) is 66.2 Å². The van der Waals surface area contributed by atoms with Crippen LogP contribution in [-0.2, 0) is 10.1 Å². The molecule has 0 heterocycles. The van der Waals surface area contributed by atoms with Crippen LogP contribution < -0.4 is 0 Å². The third kappa shape index (κ3) is 4.15. The minimum absolute atomic E-state index is 0.142. The lowest BCUT2D eigenvalue weighted by Crippen LogP contribution is -1.96. The summed E-state index contributed by atoms with van der Waals surface area (Å²) in [6.07, 6.45) is 5.33. The molecule has 0 aromatic heterocycles. The highest BCUT2D eigenvalue weighted by Crippen LogP contribution is 2.15. The number of benzene rings is 2. The summed E-state index contributed by atoms with van der Waals surface area (Å²) in [6, 6.07) is 15.5. The molecule has 102 valence electrons. The highest BCUT2D eigenvalue weighted by molar-refractivity contribution is 7.85. The summed E-state index contributed by atoms with van der Waals surface area (Å²) in [4.78, 5) is 4.01. The van der Waals surface area contributed by atoms with Crippen LogP contribution in [0, 0.1) is 0 Å². The van der Waals surface area contributed by atoms with E-state index in [2.05, 4.69) is 4.99 Å². The minimum atomic E-state index is -4.15. The van der Waals surface area contributed by atoms with Crippen LogP contribution in [0.2, 0.25) is 0 Å². The van der Waals surface area contributed by atoms with Crippen LogP contribution >= 0.6 is 0 Å². The average Bonchev–Trinajstić information content (AvgIpc) is 2.44. The van der Waals surface area contributed by atoms with Crippen molar-refractivity contribution in [1.29, 1.82) is 0 Å². The molecule has 20 heavy (non-hydrogen) atoms. The molecule has 0 fully saturated rings. The predicted octanol–water partition coefficient (Wildman–Crippen LogP) is 3.35. The first-order chi connectivity index (χ1) is 9.55. The van der Waals surface area contributed by atoms with Crippen LogP contribution in [-0.4, -0.2) is 19.2 Å². The number of allylic oxidation sites excluding steroid dienone is 1. The molecule has 0 radical (unpaired) electrons. The topological polar surface area (TPSA) is 66.7 Å².